The largest absolute Gasteiger partial charge is 0.394 e. The van der Waals surface area contributed by atoms with Gasteiger partial charge < -0.3 is 10.4 Å². The first kappa shape index (κ1) is 12.2. The highest BCUT2D eigenvalue weighted by atomic mass is 16.3. The number of hydrogen-bond donors (Lipinski definition) is 3. The van der Waals surface area contributed by atoms with Gasteiger partial charge in [0.2, 0.25) is 0 Å². The highest BCUT2D eigenvalue weighted by Gasteiger charge is 2.42. The van der Waals surface area contributed by atoms with Crippen molar-refractivity contribution in [2.24, 2.45) is 0 Å². The molecule has 0 unspecified atom stereocenters. The van der Waals surface area contributed by atoms with E-state index in [1.807, 2.05) is 6.07 Å². The molecule has 0 spiro atoms. The first-order valence-electron chi connectivity index (χ1n) is 6.80. The van der Waals surface area contributed by atoms with Crippen LogP contribution in [-0.2, 0) is 0 Å². The van der Waals surface area contributed by atoms with Crippen molar-refractivity contribution < 1.29 is 5.11 Å². The smallest absolute Gasteiger partial charge is 0.165 e. The molecule has 0 aliphatic heterocycles. The summed E-state index contributed by atoms with van der Waals surface area (Å²) < 4.78 is 0. The average Bonchev–Trinajstić information content (AvgIpc) is 3.08. The van der Waals surface area contributed by atoms with Crippen LogP contribution in [0.25, 0.3) is 22.3 Å². The van der Waals surface area contributed by atoms with Crippen LogP contribution in [0, 0.1) is 0 Å². The summed E-state index contributed by atoms with van der Waals surface area (Å²) in [6.07, 6.45) is 8.75. The van der Waals surface area contributed by atoms with Gasteiger partial charge >= 0.3 is 0 Å². The van der Waals surface area contributed by atoms with Gasteiger partial charge in [-0.25, -0.2) is 9.97 Å². The molecule has 106 valence electrons. The normalized spacial score (nSPS) is 16.0. The monoisotopic (exact) mass is 282 g/mol. The van der Waals surface area contributed by atoms with E-state index in [4.69, 9.17) is 0 Å². The first-order chi connectivity index (χ1) is 10.3. The third-order valence-electron chi connectivity index (χ3n) is 3.80. The number of pyridine rings is 1. The van der Waals surface area contributed by atoms with E-state index in [-0.39, 0.29) is 12.1 Å². The lowest BCUT2D eigenvalue weighted by atomic mass is 10.2. The Hall–Kier alpha value is -2.54. The fourth-order valence-corrected chi connectivity index (χ4v) is 2.30. The van der Waals surface area contributed by atoms with E-state index in [1.54, 1.807) is 24.8 Å². The number of aromatic amines is 1. The second-order valence-corrected chi connectivity index (χ2v) is 5.34. The summed E-state index contributed by atoms with van der Waals surface area (Å²) >= 11 is 0. The second kappa shape index (κ2) is 4.49. The van der Waals surface area contributed by atoms with Crippen LogP contribution in [0.4, 0.5) is 5.82 Å². The predicted molar refractivity (Wildman–Crippen MR) is 77.6 cm³/mol. The number of nitrogens with one attached hydrogen (secondary N) is 2. The molecule has 1 saturated carbocycles. The van der Waals surface area contributed by atoms with Gasteiger partial charge in [0.05, 0.1) is 35.6 Å². The average molecular weight is 282 g/mol. The maximum Gasteiger partial charge on any atom is 0.165 e. The first-order valence-corrected chi connectivity index (χ1v) is 6.80. The van der Waals surface area contributed by atoms with Crippen molar-refractivity contribution in [2.45, 2.75) is 18.4 Å². The van der Waals surface area contributed by atoms with E-state index in [2.05, 4.69) is 30.5 Å². The molecule has 7 heteroatoms. The van der Waals surface area contributed by atoms with E-state index in [9.17, 15) is 5.11 Å². The van der Waals surface area contributed by atoms with Gasteiger partial charge in [-0.2, -0.15) is 5.10 Å². The molecule has 0 atom stereocenters. The van der Waals surface area contributed by atoms with Gasteiger partial charge in [0.1, 0.15) is 5.82 Å². The Kier molecular flexibility index (Phi) is 2.61. The lowest BCUT2D eigenvalue weighted by Gasteiger charge is -2.17. The van der Waals surface area contributed by atoms with Crippen molar-refractivity contribution >= 4 is 16.7 Å². The van der Waals surface area contributed by atoms with E-state index >= 15 is 0 Å². The summed E-state index contributed by atoms with van der Waals surface area (Å²) in [5.41, 5.74) is 1.34. The minimum absolute atomic E-state index is 0.102. The summed E-state index contributed by atoms with van der Waals surface area (Å²) in [4.78, 5) is 13.2. The Morgan fingerprint density at radius 3 is 2.90 bits per heavy atom. The minimum atomic E-state index is -0.238. The van der Waals surface area contributed by atoms with E-state index in [0.717, 1.165) is 35.1 Å². The van der Waals surface area contributed by atoms with Crippen molar-refractivity contribution in [3.63, 3.8) is 0 Å². The third-order valence-corrected chi connectivity index (χ3v) is 3.80. The van der Waals surface area contributed by atoms with Gasteiger partial charge in [-0.05, 0) is 18.9 Å². The highest BCUT2D eigenvalue weighted by Crippen LogP contribution is 2.39. The van der Waals surface area contributed by atoms with Gasteiger partial charge in [0.15, 0.2) is 5.82 Å². The van der Waals surface area contributed by atoms with Crippen LogP contribution < -0.4 is 5.32 Å². The van der Waals surface area contributed by atoms with Crippen LogP contribution in [0.5, 0.6) is 0 Å². The van der Waals surface area contributed by atoms with Gasteiger partial charge in [0, 0.05) is 17.8 Å². The highest BCUT2D eigenvalue weighted by molar-refractivity contribution is 5.90. The predicted octanol–water partition coefficient (Wildman–Crippen LogP) is 1.35. The Morgan fingerprint density at radius 1 is 1.29 bits per heavy atom. The van der Waals surface area contributed by atoms with Crippen LogP contribution in [0.3, 0.4) is 0 Å². The zero-order valence-corrected chi connectivity index (χ0v) is 11.2. The Labute approximate surface area is 120 Å². The van der Waals surface area contributed by atoms with Gasteiger partial charge in [-0.3, -0.25) is 10.1 Å². The van der Waals surface area contributed by atoms with Crippen molar-refractivity contribution in [3.05, 3.63) is 30.9 Å². The van der Waals surface area contributed by atoms with Crippen LogP contribution in [-0.4, -0.2) is 42.4 Å². The molecule has 3 aromatic heterocycles. The molecule has 0 radical (unpaired) electrons. The molecule has 3 heterocycles. The standard InChI is InChI=1S/C14H14N6O/c21-8-14(2-3-14)20-13-10-1-4-15-7-11(10)18-12(19-13)9-5-16-17-6-9/h1,4-7,21H,2-3,8H2,(H,16,17)(H,18,19,20). The number of aliphatic hydroxyl groups is 1. The van der Waals surface area contributed by atoms with Crippen LogP contribution >= 0.6 is 0 Å². The topological polar surface area (TPSA) is 99.6 Å². The Bertz CT molecular complexity index is 781. The summed E-state index contributed by atoms with van der Waals surface area (Å²) in [7, 11) is 0. The summed E-state index contributed by atoms with van der Waals surface area (Å²) in [5, 5.41) is 20.5. The van der Waals surface area contributed by atoms with E-state index < -0.39 is 0 Å². The molecular weight excluding hydrogens is 268 g/mol. The molecule has 0 aromatic carbocycles. The Balaban J connectivity index is 1.86. The number of aliphatic hydroxyl groups excluding tert-OH is 1. The molecule has 7 nitrogen and oxygen atoms in total. The quantitative estimate of drug-likeness (QED) is 0.668. The number of anilines is 1. The van der Waals surface area contributed by atoms with Crippen LogP contribution in [0.1, 0.15) is 12.8 Å². The molecule has 0 bridgehead atoms. The number of aromatic nitrogens is 5. The van der Waals surface area contributed by atoms with Crippen molar-refractivity contribution in [1.82, 2.24) is 25.1 Å². The number of fused-ring (bicyclic) bond motifs is 1. The number of H-pyrrole nitrogens is 1. The fourth-order valence-electron chi connectivity index (χ4n) is 2.30. The van der Waals surface area contributed by atoms with Crippen molar-refractivity contribution in [3.8, 4) is 11.4 Å². The molecule has 3 N–H and O–H groups in total. The molecule has 1 aliphatic rings. The zero-order valence-electron chi connectivity index (χ0n) is 11.2. The number of hydrogen-bond acceptors (Lipinski definition) is 6. The van der Waals surface area contributed by atoms with Crippen molar-refractivity contribution in [1.29, 1.82) is 0 Å². The lowest BCUT2D eigenvalue weighted by Crippen LogP contribution is -2.26. The van der Waals surface area contributed by atoms with Gasteiger partial charge in [-0.1, -0.05) is 0 Å². The van der Waals surface area contributed by atoms with Gasteiger partial charge in [0.25, 0.3) is 0 Å². The zero-order chi connectivity index (χ0) is 14.3. The summed E-state index contributed by atoms with van der Waals surface area (Å²) in [5.74, 6) is 1.31. The lowest BCUT2D eigenvalue weighted by molar-refractivity contribution is 0.266. The fraction of sp³-hybridized carbons (Fsp3) is 0.286. The summed E-state index contributed by atoms with van der Waals surface area (Å²) in [6.45, 7) is 0.102. The molecule has 0 saturated heterocycles. The third kappa shape index (κ3) is 2.11. The maximum atomic E-state index is 9.51. The van der Waals surface area contributed by atoms with Crippen molar-refractivity contribution in [2.75, 3.05) is 11.9 Å². The SMILES string of the molecule is OCC1(Nc2nc(-c3cn[nH]c3)nc3cnccc23)CC1. The molecule has 0 amide bonds. The number of rotatable bonds is 4. The Morgan fingerprint density at radius 2 is 2.19 bits per heavy atom. The molecule has 3 aromatic rings. The molecular formula is C14H14N6O. The van der Waals surface area contributed by atoms with E-state index in [1.165, 1.54) is 0 Å². The van der Waals surface area contributed by atoms with E-state index in [0.29, 0.717) is 5.82 Å². The molecule has 1 fully saturated rings. The van der Waals surface area contributed by atoms with Gasteiger partial charge in [-0.15, -0.1) is 0 Å². The molecule has 4 rings (SSSR count). The maximum absolute atomic E-state index is 9.51. The second-order valence-electron chi connectivity index (χ2n) is 5.34. The number of nitrogens with zero attached hydrogens (tertiary/aromatic N) is 4. The van der Waals surface area contributed by atoms with Crippen LogP contribution in [0.2, 0.25) is 0 Å². The molecule has 1 aliphatic carbocycles. The summed E-state index contributed by atoms with van der Waals surface area (Å²) in [6, 6.07) is 1.88. The molecule has 21 heavy (non-hydrogen) atoms. The van der Waals surface area contributed by atoms with Crippen LogP contribution in [0.15, 0.2) is 30.9 Å². The minimum Gasteiger partial charge on any atom is -0.394 e.